The summed E-state index contributed by atoms with van der Waals surface area (Å²) in [5.74, 6) is -6.89. The Labute approximate surface area is 104 Å². The van der Waals surface area contributed by atoms with Gasteiger partial charge in [-0.15, -0.1) is 11.3 Å². The highest BCUT2D eigenvalue weighted by molar-refractivity contribution is 7.16. The third kappa shape index (κ3) is 2.46. The lowest BCUT2D eigenvalue weighted by Gasteiger charge is -2.14. The first-order valence-electron chi connectivity index (χ1n) is 4.69. The van der Waals surface area contributed by atoms with Crippen LogP contribution in [0.2, 0.25) is 0 Å². The third-order valence-electron chi connectivity index (χ3n) is 2.30. The van der Waals surface area contributed by atoms with Gasteiger partial charge in [-0.2, -0.15) is 14.0 Å². The predicted octanol–water partition coefficient (Wildman–Crippen LogP) is 3.08. The van der Waals surface area contributed by atoms with Gasteiger partial charge < -0.3 is 5.32 Å². The number of hydrogen-bond donors (Lipinski definition) is 1. The molecule has 8 heteroatoms. The van der Waals surface area contributed by atoms with Gasteiger partial charge in [-0.3, -0.25) is 4.79 Å². The molecule has 0 aromatic carbocycles. The van der Waals surface area contributed by atoms with Crippen molar-refractivity contribution in [3.05, 3.63) is 16.0 Å². The van der Waals surface area contributed by atoms with Gasteiger partial charge in [0.25, 0.3) is 0 Å². The Morgan fingerprint density at radius 2 is 2.00 bits per heavy atom. The topological polar surface area (TPSA) is 52.9 Å². The van der Waals surface area contributed by atoms with Gasteiger partial charge in [0.1, 0.15) is 11.1 Å². The minimum absolute atomic E-state index is 0.0101. The molecular formula is C10H8F4N2OS. The fraction of sp³-hybridized carbons (Fsp3) is 0.400. The molecule has 0 spiro atoms. The van der Waals surface area contributed by atoms with Gasteiger partial charge in [-0.25, -0.2) is 8.78 Å². The Morgan fingerprint density at radius 3 is 2.44 bits per heavy atom. The molecular weight excluding hydrogens is 272 g/mol. The minimum Gasteiger partial charge on any atom is -0.311 e. The molecule has 1 amide bonds. The predicted molar refractivity (Wildman–Crippen MR) is 58.1 cm³/mol. The second-order valence-corrected chi connectivity index (χ2v) is 4.70. The molecule has 0 aliphatic carbocycles. The van der Waals surface area contributed by atoms with Crippen LogP contribution in [-0.4, -0.2) is 18.3 Å². The van der Waals surface area contributed by atoms with Gasteiger partial charge >= 0.3 is 18.3 Å². The van der Waals surface area contributed by atoms with Crippen molar-refractivity contribution in [1.29, 1.82) is 5.26 Å². The summed E-state index contributed by atoms with van der Waals surface area (Å²) in [5, 5.41) is 10.3. The van der Waals surface area contributed by atoms with Crippen LogP contribution in [-0.2, 0) is 4.79 Å². The molecule has 0 saturated heterocycles. The van der Waals surface area contributed by atoms with E-state index in [0.29, 0.717) is 10.4 Å². The molecule has 0 aliphatic heterocycles. The van der Waals surface area contributed by atoms with E-state index < -0.39 is 18.3 Å². The number of nitrogens with one attached hydrogen (secondary N) is 1. The molecule has 0 atom stereocenters. The number of hydrogen-bond acceptors (Lipinski definition) is 3. The number of anilines is 1. The van der Waals surface area contributed by atoms with E-state index in [9.17, 15) is 22.4 Å². The summed E-state index contributed by atoms with van der Waals surface area (Å²) in [6, 6.07) is 1.73. The number of aryl methyl sites for hydroxylation is 1. The summed E-state index contributed by atoms with van der Waals surface area (Å²) in [6.45, 7) is 3.20. The van der Waals surface area contributed by atoms with Crippen molar-refractivity contribution in [3.8, 4) is 6.07 Å². The lowest BCUT2D eigenvalue weighted by Crippen LogP contribution is -2.40. The number of rotatable bonds is 3. The number of amides is 1. The van der Waals surface area contributed by atoms with Crippen molar-refractivity contribution < 1.29 is 22.4 Å². The SMILES string of the molecule is Cc1sc(NC(=O)C(F)(F)C(F)F)c(C#N)c1C. The number of halogens is 4. The number of nitriles is 1. The van der Waals surface area contributed by atoms with Crippen LogP contribution in [0.1, 0.15) is 16.0 Å². The van der Waals surface area contributed by atoms with E-state index in [4.69, 9.17) is 5.26 Å². The van der Waals surface area contributed by atoms with Gasteiger partial charge in [0.2, 0.25) is 0 Å². The Morgan fingerprint density at radius 1 is 1.44 bits per heavy atom. The molecule has 1 aromatic rings. The summed E-state index contributed by atoms with van der Waals surface area (Å²) < 4.78 is 49.4. The number of thiophene rings is 1. The van der Waals surface area contributed by atoms with Crippen LogP contribution in [0.15, 0.2) is 0 Å². The summed E-state index contributed by atoms with van der Waals surface area (Å²) >= 11 is 0.889. The molecule has 1 heterocycles. The van der Waals surface area contributed by atoms with Gasteiger partial charge in [-0.05, 0) is 19.4 Å². The fourth-order valence-corrected chi connectivity index (χ4v) is 2.14. The first-order chi connectivity index (χ1) is 8.21. The summed E-state index contributed by atoms with van der Waals surface area (Å²) in [5.41, 5.74) is 0.536. The number of carbonyl (C=O) groups is 1. The van der Waals surface area contributed by atoms with E-state index in [2.05, 4.69) is 0 Å². The van der Waals surface area contributed by atoms with Gasteiger partial charge in [0, 0.05) is 4.88 Å². The molecule has 0 aliphatic rings. The van der Waals surface area contributed by atoms with E-state index in [1.165, 1.54) is 0 Å². The van der Waals surface area contributed by atoms with Crippen LogP contribution in [0.4, 0.5) is 22.6 Å². The molecule has 0 radical (unpaired) electrons. The molecule has 98 valence electrons. The maximum atomic E-state index is 12.7. The molecule has 1 rings (SSSR count). The third-order valence-corrected chi connectivity index (χ3v) is 3.42. The largest absolute Gasteiger partial charge is 0.383 e. The van der Waals surface area contributed by atoms with Gasteiger partial charge in [-0.1, -0.05) is 0 Å². The van der Waals surface area contributed by atoms with E-state index in [-0.39, 0.29) is 10.6 Å². The second kappa shape index (κ2) is 4.94. The Kier molecular flexibility index (Phi) is 3.96. The van der Waals surface area contributed by atoms with Crippen LogP contribution in [0.25, 0.3) is 0 Å². The van der Waals surface area contributed by atoms with Gasteiger partial charge in [0.05, 0.1) is 5.56 Å². The van der Waals surface area contributed by atoms with Crippen LogP contribution in [0.5, 0.6) is 0 Å². The molecule has 0 saturated carbocycles. The van der Waals surface area contributed by atoms with Crippen molar-refractivity contribution in [1.82, 2.24) is 0 Å². The molecule has 0 fully saturated rings. The molecule has 1 N–H and O–H groups in total. The van der Waals surface area contributed by atoms with Crippen LogP contribution < -0.4 is 5.32 Å². The van der Waals surface area contributed by atoms with Crippen molar-refractivity contribution in [2.75, 3.05) is 5.32 Å². The fourth-order valence-electron chi connectivity index (χ4n) is 1.14. The number of nitrogens with zero attached hydrogens (tertiary/aromatic N) is 1. The van der Waals surface area contributed by atoms with Crippen molar-refractivity contribution in [2.45, 2.75) is 26.2 Å². The molecule has 18 heavy (non-hydrogen) atoms. The maximum absolute atomic E-state index is 12.7. The van der Waals surface area contributed by atoms with Crippen molar-refractivity contribution in [3.63, 3.8) is 0 Å². The normalized spacial score (nSPS) is 11.4. The zero-order valence-electron chi connectivity index (χ0n) is 9.35. The van der Waals surface area contributed by atoms with E-state index >= 15 is 0 Å². The quantitative estimate of drug-likeness (QED) is 0.865. The van der Waals surface area contributed by atoms with Crippen LogP contribution in [0.3, 0.4) is 0 Å². The maximum Gasteiger partial charge on any atom is 0.383 e. The Hall–Kier alpha value is -1.62. The lowest BCUT2D eigenvalue weighted by atomic mass is 10.2. The van der Waals surface area contributed by atoms with Crippen LogP contribution >= 0.6 is 11.3 Å². The number of alkyl halides is 4. The molecule has 0 bridgehead atoms. The highest BCUT2D eigenvalue weighted by Gasteiger charge is 2.49. The first kappa shape index (κ1) is 14.4. The molecule has 0 unspecified atom stereocenters. The summed E-state index contributed by atoms with van der Waals surface area (Å²) in [4.78, 5) is 11.7. The standard InChI is InChI=1S/C10H8F4N2OS/c1-4-5(2)18-7(6(4)3-15)16-9(17)10(13,14)8(11)12/h8H,1-2H3,(H,16,17). The monoisotopic (exact) mass is 280 g/mol. The molecule has 3 nitrogen and oxygen atoms in total. The van der Waals surface area contributed by atoms with E-state index in [0.717, 1.165) is 11.3 Å². The lowest BCUT2D eigenvalue weighted by molar-refractivity contribution is -0.163. The zero-order chi connectivity index (χ0) is 14.1. The van der Waals surface area contributed by atoms with Crippen LogP contribution in [0, 0.1) is 25.2 Å². The highest BCUT2D eigenvalue weighted by Crippen LogP contribution is 2.33. The Bertz CT molecular complexity index is 519. The first-order valence-corrected chi connectivity index (χ1v) is 5.51. The Balaban J connectivity index is 3.04. The second-order valence-electron chi connectivity index (χ2n) is 3.48. The van der Waals surface area contributed by atoms with Gasteiger partial charge in [0.15, 0.2) is 0 Å². The zero-order valence-corrected chi connectivity index (χ0v) is 10.2. The summed E-state index contributed by atoms with van der Waals surface area (Å²) in [7, 11) is 0. The van der Waals surface area contributed by atoms with E-state index in [1.807, 2.05) is 0 Å². The minimum atomic E-state index is -4.78. The smallest absolute Gasteiger partial charge is 0.311 e. The van der Waals surface area contributed by atoms with Crippen molar-refractivity contribution in [2.24, 2.45) is 0 Å². The van der Waals surface area contributed by atoms with Crippen molar-refractivity contribution >= 4 is 22.2 Å². The van der Waals surface area contributed by atoms with E-state index in [1.54, 1.807) is 25.2 Å². The average molecular weight is 280 g/mol. The highest BCUT2D eigenvalue weighted by atomic mass is 32.1. The summed E-state index contributed by atoms with van der Waals surface area (Å²) in [6.07, 6.45) is -4.09. The number of carbonyl (C=O) groups excluding carboxylic acids is 1. The molecule has 1 aromatic heterocycles. The average Bonchev–Trinajstić information content (AvgIpc) is 2.53.